The first kappa shape index (κ1) is 14.5. The van der Waals surface area contributed by atoms with E-state index in [-0.39, 0.29) is 5.97 Å². The molecule has 1 N–H and O–H groups in total. The fourth-order valence-electron chi connectivity index (χ4n) is 1.41. The van der Waals surface area contributed by atoms with Crippen LogP contribution < -0.4 is 5.32 Å². The van der Waals surface area contributed by atoms with Gasteiger partial charge >= 0.3 is 5.97 Å². The third-order valence-corrected chi connectivity index (χ3v) is 2.19. The lowest BCUT2D eigenvalue weighted by Gasteiger charge is -2.19. The van der Waals surface area contributed by atoms with Crippen LogP contribution in [0.2, 0.25) is 0 Å². The minimum Gasteiger partial charge on any atom is -0.460 e. The van der Waals surface area contributed by atoms with Gasteiger partial charge < -0.3 is 10.1 Å². The molecule has 1 rings (SSSR count). The molecule has 0 aliphatic heterocycles. The van der Waals surface area contributed by atoms with Crippen molar-refractivity contribution in [1.29, 1.82) is 0 Å². The fraction of sp³-hybridized carbons (Fsp3) is 0.692. The van der Waals surface area contributed by atoms with E-state index in [4.69, 9.17) is 4.74 Å². The predicted molar refractivity (Wildman–Crippen MR) is 71.6 cm³/mol. The number of hydrogen-bond donors (Lipinski definition) is 1. The molecule has 0 unspecified atom stereocenters. The van der Waals surface area contributed by atoms with Gasteiger partial charge in [0.25, 0.3) is 0 Å². The molecule has 5 nitrogen and oxygen atoms in total. The first-order valence-corrected chi connectivity index (χ1v) is 6.29. The van der Waals surface area contributed by atoms with Crippen molar-refractivity contribution in [2.45, 2.75) is 52.7 Å². The van der Waals surface area contributed by atoms with Crippen LogP contribution in [0.4, 0.5) is 5.82 Å². The number of carbonyl (C=O) groups is 1. The summed E-state index contributed by atoms with van der Waals surface area (Å²) in [6.45, 7) is 10.3. The number of ether oxygens (including phenoxy) is 1. The SMILES string of the molecule is CC(C)n1ccc(NCCC(=O)OC(C)(C)C)n1. The molecule has 0 atom stereocenters. The molecule has 0 aromatic carbocycles. The zero-order valence-electron chi connectivity index (χ0n) is 11.9. The predicted octanol–water partition coefficient (Wildman–Crippen LogP) is 2.61. The van der Waals surface area contributed by atoms with Crippen LogP contribution in [0.15, 0.2) is 12.3 Å². The highest BCUT2D eigenvalue weighted by Crippen LogP contribution is 2.10. The Kier molecular flexibility index (Phi) is 4.76. The van der Waals surface area contributed by atoms with Gasteiger partial charge in [0.2, 0.25) is 0 Å². The summed E-state index contributed by atoms with van der Waals surface area (Å²) in [5.41, 5.74) is -0.420. The first-order chi connectivity index (χ1) is 8.28. The van der Waals surface area contributed by atoms with E-state index in [2.05, 4.69) is 24.3 Å². The Morgan fingerprint density at radius 1 is 1.50 bits per heavy atom. The first-order valence-electron chi connectivity index (χ1n) is 6.29. The molecule has 102 valence electrons. The van der Waals surface area contributed by atoms with E-state index in [1.54, 1.807) is 0 Å². The molecule has 1 heterocycles. The van der Waals surface area contributed by atoms with E-state index in [9.17, 15) is 4.79 Å². The maximum atomic E-state index is 11.5. The number of aromatic nitrogens is 2. The number of esters is 1. The standard InChI is InChI=1S/C13H23N3O2/c1-10(2)16-9-7-11(15-16)14-8-6-12(17)18-13(3,4)5/h7,9-10H,6,8H2,1-5H3,(H,14,15). The molecule has 0 bridgehead atoms. The van der Waals surface area contributed by atoms with Crippen molar-refractivity contribution in [3.8, 4) is 0 Å². The van der Waals surface area contributed by atoms with Gasteiger partial charge in [0.15, 0.2) is 0 Å². The lowest BCUT2D eigenvalue weighted by molar-refractivity contribution is -0.154. The molecule has 0 aliphatic carbocycles. The zero-order chi connectivity index (χ0) is 13.8. The van der Waals surface area contributed by atoms with Gasteiger partial charge in [-0.3, -0.25) is 9.48 Å². The number of hydrogen-bond acceptors (Lipinski definition) is 4. The Hall–Kier alpha value is -1.52. The molecule has 18 heavy (non-hydrogen) atoms. The van der Waals surface area contributed by atoms with Crippen LogP contribution in [0.25, 0.3) is 0 Å². The van der Waals surface area contributed by atoms with Crippen LogP contribution >= 0.6 is 0 Å². The van der Waals surface area contributed by atoms with Crippen LogP contribution in [-0.2, 0) is 9.53 Å². The van der Waals surface area contributed by atoms with Gasteiger partial charge in [-0.05, 0) is 34.6 Å². The quantitative estimate of drug-likeness (QED) is 0.819. The molecular formula is C13H23N3O2. The second-order valence-electron chi connectivity index (χ2n) is 5.54. The van der Waals surface area contributed by atoms with Crippen LogP contribution in [0.5, 0.6) is 0 Å². The van der Waals surface area contributed by atoms with E-state index in [1.165, 1.54) is 0 Å². The summed E-state index contributed by atoms with van der Waals surface area (Å²) in [5.74, 6) is 0.588. The minimum absolute atomic E-state index is 0.196. The molecule has 0 saturated heterocycles. The average molecular weight is 253 g/mol. The van der Waals surface area contributed by atoms with E-state index >= 15 is 0 Å². The summed E-state index contributed by atoms with van der Waals surface area (Å²) < 4.78 is 7.09. The molecule has 0 saturated carbocycles. The maximum absolute atomic E-state index is 11.5. The van der Waals surface area contributed by atoms with E-state index < -0.39 is 5.60 Å². The third-order valence-electron chi connectivity index (χ3n) is 2.19. The van der Waals surface area contributed by atoms with Crippen molar-refractivity contribution in [3.63, 3.8) is 0 Å². The summed E-state index contributed by atoms with van der Waals surface area (Å²) in [6.07, 6.45) is 2.26. The number of rotatable bonds is 5. The molecule has 1 aromatic heterocycles. The normalized spacial score (nSPS) is 11.7. The molecular weight excluding hydrogens is 230 g/mol. The Morgan fingerprint density at radius 3 is 2.67 bits per heavy atom. The second-order valence-corrected chi connectivity index (χ2v) is 5.54. The minimum atomic E-state index is -0.420. The van der Waals surface area contributed by atoms with Gasteiger partial charge in [-0.1, -0.05) is 0 Å². The van der Waals surface area contributed by atoms with Crippen LogP contribution in [0.1, 0.15) is 47.1 Å². The molecule has 0 amide bonds. The van der Waals surface area contributed by atoms with Crippen LogP contribution in [-0.4, -0.2) is 27.9 Å². The van der Waals surface area contributed by atoms with Crippen molar-refractivity contribution in [3.05, 3.63) is 12.3 Å². The highest BCUT2D eigenvalue weighted by atomic mass is 16.6. The van der Waals surface area contributed by atoms with Gasteiger partial charge in [0, 0.05) is 24.8 Å². The van der Waals surface area contributed by atoms with Gasteiger partial charge in [0.05, 0.1) is 6.42 Å². The van der Waals surface area contributed by atoms with Crippen molar-refractivity contribution in [1.82, 2.24) is 9.78 Å². The molecule has 0 spiro atoms. The lowest BCUT2D eigenvalue weighted by atomic mass is 10.2. The van der Waals surface area contributed by atoms with Gasteiger partial charge in [-0.15, -0.1) is 0 Å². The van der Waals surface area contributed by atoms with Gasteiger partial charge in [0.1, 0.15) is 11.4 Å². The molecule has 0 fully saturated rings. The summed E-state index contributed by atoms with van der Waals surface area (Å²) in [7, 11) is 0. The fourth-order valence-corrected chi connectivity index (χ4v) is 1.41. The molecule has 5 heteroatoms. The van der Waals surface area contributed by atoms with E-state index in [0.717, 1.165) is 5.82 Å². The number of anilines is 1. The van der Waals surface area contributed by atoms with Crippen molar-refractivity contribution >= 4 is 11.8 Å². The number of nitrogens with one attached hydrogen (secondary N) is 1. The van der Waals surface area contributed by atoms with E-state index in [1.807, 2.05) is 37.7 Å². The van der Waals surface area contributed by atoms with Gasteiger partial charge in [-0.2, -0.15) is 5.10 Å². The smallest absolute Gasteiger partial charge is 0.308 e. The second kappa shape index (κ2) is 5.89. The Labute approximate surface area is 109 Å². The van der Waals surface area contributed by atoms with Crippen LogP contribution in [0, 0.1) is 0 Å². The summed E-state index contributed by atoms with van der Waals surface area (Å²) in [4.78, 5) is 11.5. The monoisotopic (exact) mass is 253 g/mol. The number of carbonyl (C=O) groups excluding carboxylic acids is 1. The summed E-state index contributed by atoms with van der Waals surface area (Å²) >= 11 is 0. The highest BCUT2D eigenvalue weighted by molar-refractivity contribution is 5.70. The van der Waals surface area contributed by atoms with Gasteiger partial charge in [-0.25, -0.2) is 0 Å². The molecule has 1 aromatic rings. The van der Waals surface area contributed by atoms with Crippen molar-refractivity contribution < 1.29 is 9.53 Å². The van der Waals surface area contributed by atoms with Crippen molar-refractivity contribution in [2.75, 3.05) is 11.9 Å². The maximum Gasteiger partial charge on any atom is 0.308 e. The zero-order valence-corrected chi connectivity index (χ0v) is 11.9. The Bertz CT molecular complexity index is 391. The van der Waals surface area contributed by atoms with Crippen LogP contribution in [0.3, 0.4) is 0 Å². The Morgan fingerprint density at radius 2 is 2.17 bits per heavy atom. The van der Waals surface area contributed by atoms with E-state index in [0.29, 0.717) is 19.0 Å². The summed E-state index contributed by atoms with van der Waals surface area (Å²) in [6, 6.07) is 2.24. The highest BCUT2D eigenvalue weighted by Gasteiger charge is 2.15. The summed E-state index contributed by atoms with van der Waals surface area (Å²) in [5, 5.41) is 7.44. The van der Waals surface area contributed by atoms with Crippen molar-refractivity contribution in [2.24, 2.45) is 0 Å². The number of nitrogens with zero attached hydrogens (tertiary/aromatic N) is 2. The Balaban J connectivity index is 2.31. The largest absolute Gasteiger partial charge is 0.460 e. The topological polar surface area (TPSA) is 56.2 Å². The average Bonchev–Trinajstić information content (AvgIpc) is 2.63. The lowest BCUT2D eigenvalue weighted by Crippen LogP contribution is -2.25. The molecule has 0 aliphatic rings. The molecule has 0 radical (unpaired) electrons. The third kappa shape index (κ3) is 5.21.